The molecule has 240 valence electrons. The molecule has 4 heterocycles. The predicted octanol–water partition coefficient (Wildman–Crippen LogP) is 6.06. The van der Waals surface area contributed by atoms with Gasteiger partial charge in [0.15, 0.2) is 11.5 Å². The molecule has 4 aromatic heterocycles. The predicted molar refractivity (Wildman–Crippen MR) is 163 cm³/mol. The van der Waals surface area contributed by atoms with Gasteiger partial charge in [-0.05, 0) is 46.1 Å². The Labute approximate surface area is 263 Å². The van der Waals surface area contributed by atoms with Crippen LogP contribution in [0.15, 0.2) is 49.3 Å². The summed E-state index contributed by atoms with van der Waals surface area (Å²) in [5.41, 5.74) is 2.89. The van der Waals surface area contributed by atoms with Crippen LogP contribution in [0.4, 0.5) is 19.1 Å². The topological polar surface area (TPSA) is 125 Å². The number of aromatic nitrogens is 10. The van der Waals surface area contributed by atoms with Gasteiger partial charge < -0.3 is 14.2 Å². The molecule has 1 fully saturated rings. The highest BCUT2D eigenvalue weighted by Gasteiger charge is 2.35. The van der Waals surface area contributed by atoms with E-state index in [4.69, 9.17) is 9.72 Å². The third-order valence-corrected chi connectivity index (χ3v) is 7.72. The molecule has 1 aromatic carbocycles. The number of nitrogens with zero attached hydrogens (tertiary/aromatic N) is 11. The first-order valence-electron chi connectivity index (χ1n) is 15.0. The van der Waals surface area contributed by atoms with E-state index in [9.17, 15) is 13.2 Å². The molecule has 1 aliphatic carbocycles. The van der Waals surface area contributed by atoms with E-state index < -0.39 is 11.9 Å². The summed E-state index contributed by atoms with van der Waals surface area (Å²) < 4.78 is 49.4. The number of hydrogen-bond acceptors (Lipinski definition) is 10. The van der Waals surface area contributed by atoms with E-state index in [-0.39, 0.29) is 17.9 Å². The first kappa shape index (κ1) is 31.0. The number of benzene rings is 1. The van der Waals surface area contributed by atoms with Crippen LogP contribution in [-0.2, 0) is 19.3 Å². The average Bonchev–Trinajstić information content (AvgIpc) is 3.58. The minimum Gasteiger partial charge on any atom is -0.480 e. The number of hydrogen-bond donors (Lipinski definition) is 0. The van der Waals surface area contributed by atoms with Gasteiger partial charge in [-0.25, -0.2) is 29.6 Å². The van der Waals surface area contributed by atoms with Crippen LogP contribution in [0.25, 0.3) is 22.8 Å². The second-order valence-corrected chi connectivity index (χ2v) is 11.8. The second kappa shape index (κ2) is 12.4. The van der Waals surface area contributed by atoms with E-state index >= 15 is 0 Å². The molecule has 0 saturated heterocycles. The Morgan fingerprint density at radius 2 is 1.67 bits per heavy atom. The minimum absolute atomic E-state index is 0.0747. The number of methoxy groups -OCH3 is 1. The van der Waals surface area contributed by atoms with Crippen LogP contribution in [0.2, 0.25) is 0 Å². The summed E-state index contributed by atoms with van der Waals surface area (Å²) in [5.74, 6) is 1.76. The quantitative estimate of drug-likeness (QED) is 0.170. The van der Waals surface area contributed by atoms with Gasteiger partial charge in [0.25, 0.3) is 0 Å². The summed E-state index contributed by atoms with van der Waals surface area (Å²) in [6.07, 6.45) is 3.22. The Balaban J connectivity index is 1.36. The zero-order valence-corrected chi connectivity index (χ0v) is 26.1. The van der Waals surface area contributed by atoms with Gasteiger partial charge in [-0.1, -0.05) is 29.5 Å². The smallest absolute Gasteiger partial charge is 0.434 e. The molecule has 0 amide bonds. The van der Waals surface area contributed by atoms with Gasteiger partial charge >= 0.3 is 6.18 Å². The molecule has 0 radical (unpaired) electrons. The summed E-state index contributed by atoms with van der Waals surface area (Å²) in [4.78, 5) is 28.6. The van der Waals surface area contributed by atoms with E-state index in [1.165, 1.54) is 17.2 Å². The molecule has 5 aromatic rings. The summed E-state index contributed by atoms with van der Waals surface area (Å²) in [6, 6.07) is 7.16. The molecule has 15 heteroatoms. The lowest BCUT2D eigenvalue weighted by Gasteiger charge is -2.24. The molecule has 0 unspecified atom stereocenters. The van der Waals surface area contributed by atoms with Crippen molar-refractivity contribution < 1.29 is 17.9 Å². The molecule has 0 atom stereocenters. The van der Waals surface area contributed by atoms with Gasteiger partial charge in [-0.3, -0.25) is 0 Å². The Hall–Kier alpha value is -4.95. The fourth-order valence-corrected chi connectivity index (χ4v) is 5.30. The van der Waals surface area contributed by atoms with Gasteiger partial charge in [-0.15, -0.1) is 5.10 Å². The van der Waals surface area contributed by atoms with Crippen molar-refractivity contribution in [3.63, 3.8) is 0 Å². The van der Waals surface area contributed by atoms with E-state index in [2.05, 4.69) is 35.2 Å². The number of rotatable bonds is 11. The molecule has 1 aliphatic rings. The zero-order valence-electron chi connectivity index (χ0n) is 26.1. The number of halogens is 3. The van der Waals surface area contributed by atoms with Crippen molar-refractivity contribution in [2.24, 2.45) is 0 Å². The Morgan fingerprint density at radius 1 is 0.935 bits per heavy atom. The Morgan fingerprint density at radius 3 is 2.33 bits per heavy atom. The second-order valence-electron chi connectivity index (χ2n) is 11.8. The summed E-state index contributed by atoms with van der Waals surface area (Å²) >= 11 is 0. The largest absolute Gasteiger partial charge is 0.480 e. The summed E-state index contributed by atoms with van der Waals surface area (Å²) in [7, 11) is 1.55. The summed E-state index contributed by atoms with van der Waals surface area (Å²) in [6.45, 7) is 8.44. The molecule has 0 N–H and O–H groups in total. The lowest BCUT2D eigenvalue weighted by molar-refractivity contribution is -0.140. The number of anilines is 1. The molecule has 0 aliphatic heterocycles. The summed E-state index contributed by atoms with van der Waals surface area (Å²) in [5, 5.41) is 8.37. The fourth-order valence-electron chi connectivity index (χ4n) is 5.30. The minimum atomic E-state index is -4.54. The SMILES string of the molecule is COc1ncnc(C2CC2)c1-c1ncnc(N(Cc2ccc(-c3nc(C(F)(F)F)cn3C(C)C)cc2)Cc2cnnn2C(C)C)n1. The molecule has 46 heavy (non-hydrogen) atoms. The van der Waals surface area contributed by atoms with Crippen LogP contribution >= 0.6 is 0 Å². The van der Waals surface area contributed by atoms with E-state index in [0.717, 1.165) is 36.0 Å². The van der Waals surface area contributed by atoms with Gasteiger partial charge in [-0.2, -0.15) is 18.2 Å². The molecule has 6 rings (SSSR count). The van der Waals surface area contributed by atoms with Crippen molar-refractivity contribution in [1.29, 1.82) is 0 Å². The fraction of sp³-hybridized carbons (Fsp3) is 0.419. The standard InChI is InChI=1S/C31H34F3N11O/c1-18(2)44-15-24(31(32,33)34)40-28(44)22-8-6-20(7-9-22)13-43(14-23-12-39-42-45(23)19(3)4)30-38-17-36-27(41-30)25-26(21-10-11-21)35-16-37-29(25)46-5/h6-9,12,15-19,21H,10-11,13-14H2,1-5H3. The highest BCUT2D eigenvalue weighted by Crippen LogP contribution is 2.45. The van der Waals surface area contributed by atoms with Gasteiger partial charge in [0.05, 0.1) is 31.2 Å². The Bertz CT molecular complexity index is 1810. The zero-order chi connectivity index (χ0) is 32.6. The van der Waals surface area contributed by atoms with Crippen molar-refractivity contribution >= 4 is 5.95 Å². The van der Waals surface area contributed by atoms with Crippen molar-refractivity contribution in [1.82, 2.24) is 49.5 Å². The number of ether oxygens (including phenoxy) is 1. The maximum absolute atomic E-state index is 13.5. The van der Waals surface area contributed by atoms with Crippen LogP contribution in [0.1, 0.15) is 81.2 Å². The first-order chi connectivity index (χ1) is 22.0. The maximum Gasteiger partial charge on any atom is 0.434 e. The van der Waals surface area contributed by atoms with Crippen LogP contribution in [0.5, 0.6) is 5.88 Å². The van der Waals surface area contributed by atoms with Crippen molar-refractivity contribution in [2.75, 3.05) is 12.0 Å². The molecule has 0 bridgehead atoms. The maximum atomic E-state index is 13.5. The molecule has 0 spiro atoms. The average molecular weight is 634 g/mol. The van der Waals surface area contributed by atoms with E-state index in [1.54, 1.807) is 25.4 Å². The van der Waals surface area contributed by atoms with Crippen LogP contribution in [-0.4, -0.2) is 56.6 Å². The number of alkyl halides is 3. The van der Waals surface area contributed by atoms with Crippen molar-refractivity contribution in [2.45, 2.75) is 77.8 Å². The van der Waals surface area contributed by atoms with Crippen molar-refractivity contribution in [3.8, 4) is 28.7 Å². The van der Waals surface area contributed by atoms with Gasteiger partial charge in [0.2, 0.25) is 11.8 Å². The van der Waals surface area contributed by atoms with Crippen LogP contribution in [0.3, 0.4) is 0 Å². The number of imidazole rings is 1. The normalized spacial score (nSPS) is 13.5. The first-order valence-corrected chi connectivity index (χ1v) is 15.0. The lowest BCUT2D eigenvalue weighted by Crippen LogP contribution is -2.26. The molecular formula is C31H34F3N11O. The molecular weight excluding hydrogens is 599 g/mol. The highest BCUT2D eigenvalue weighted by atomic mass is 19.4. The van der Waals surface area contributed by atoms with E-state index in [1.807, 2.05) is 49.4 Å². The highest BCUT2D eigenvalue weighted by molar-refractivity contribution is 5.66. The van der Waals surface area contributed by atoms with Gasteiger partial charge in [0, 0.05) is 36.3 Å². The molecule has 12 nitrogen and oxygen atoms in total. The van der Waals surface area contributed by atoms with Crippen LogP contribution in [0, 0.1) is 0 Å². The molecule has 1 saturated carbocycles. The lowest BCUT2D eigenvalue weighted by atomic mass is 10.1. The third-order valence-electron chi connectivity index (χ3n) is 7.72. The van der Waals surface area contributed by atoms with E-state index in [0.29, 0.717) is 47.8 Å². The van der Waals surface area contributed by atoms with Crippen molar-refractivity contribution in [3.05, 3.63) is 72.0 Å². The van der Waals surface area contributed by atoms with Crippen LogP contribution < -0.4 is 9.64 Å². The monoisotopic (exact) mass is 633 g/mol. The van der Waals surface area contributed by atoms with Gasteiger partial charge in [0.1, 0.15) is 24.0 Å². The Kier molecular flexibility index (Phi) is 8.40. The third kappa shape index (κ3) is 6.39.